The van der Waals surface area contributed by atoms with Gasteiger partial charge in [0, 0.05) is 0 Å². The highest BCUT2D eigenvalue weighted by atomic mass is 28.4. The largest absolute Gasteiger partial charge is 0.453 e. The van der Waals surface area contributed by atoms with Crippen molar-refractivity contribution in [1.82, 2.24) is 0 Å². The van der Waals surface area contributed by atoms with Crippen LogP contribution < -0.4 is 0 Å². The third kappa shape index (κ3) is 10.1. The average molecular weight is 215 g/mol. The molecule has 77 valence electrons. The van der Waals surface area contributed by atoms with Gasteiger partial charge in [0.05, 0.1) is 0 Å². The van der Waals surface area contributed by atoms with E-state index in [1.54, 1.807) is 0 Å². The highest BCUT2D eigenvalue weighted by Gasteiger charge is 2.17. The van der Waals surface area contributed by atoms with Crippen molar-refractivity contribution >= 4 is 17.4 Å². The maximum Gasteiger partial charge on any atom is 0.223 e. The summed E-state index contributed by atoms with van der Waals surface area (Å²) < 4.78 is 5.97. The molecule has 0 unspecified atom stereocenters. The lowest BCUT2D eigenvalue weighted by atomic mass is 10.2. The van der Waals surface area contributed by atoms with Crippen molar-refractivity contribution < 1.29 is 4.12 Å². The summed E-state index contributed by atoms with van der Waals surface area (Å²) in [5, 5.41) is 0. The Bertz CT molecular complexity index is 149. The van der Waals surface area contributed by atoms with Crippen LogP contribution in [0.2, 0.25) is 26.2 Å². The van der Waals surface area contributed by atoms with Crippen molar-refractivity contribution in [1.29, 1.82) is 0 Å². The van der Waals surface area contributed by atoms with Gasteiger partial charge in [-0.1, -0.05) is 31.5 Å². The van der Waals surface area contributed by atoms with Crippen LogP contribution in [0.15, 0.2) is 11.8 Å². The number of allylic oxidation sites excluding steroid dienone is 1. The molecular weight excluding hydrogens is 192 g/mol. The topological polar surface area (TPSA) is 9.23 Å². The summed E-state index contributed by atoms with van der Waals surface area (Å²) in [5.74, 6) is 0. The molecular formula is C10H23OSi2. The lowest BCUT2D eigenvalue weighted by molar-refractivity contribution is 0.587. The van der Waals surface area contributed by atoms with Crippen LogP contribution in [0.1, 0.15) is 26.2 Å². The Hall–Kier alpha value is 0.134. The molecule has 0 aromatic rings. The summed E-state index contributed by atoms with van der Waals surface area (Å²) in [6, 6.07) is 0. The number of hydrogen-bond donors (Lipinski definition) is 0. The van der Waals surface area contributed by atoms with Crippen molar-refractivity contribution in [3.05, 3.63) is 11.8 Å². The molecule has 0 bridgehead atoms. The van der Waals surface area contributed by atoms with Gasteiger partial charge >= 0.3 is 0 Å². The van der Waals surface area contributed by atoms with Gasteiger partial charge in [-0.2, -0.15) is 0 Å². The van der Waals surface area contributed by atoms with Gasteiger partial charge in [0.1, 0.15) is 0 Å². The van der Waals surface area contributed by atoms with Gasteiger partial charge < -0.3 is 4.12 Å². The van der Waals surface area contributed by atoms with E-state index in [2.05, 4.69) is 44.9 Å². The van der Waals surface area contributed by atoms with Crippen LogP contribution in [0.5, 0.6) is 0 Å². The van der Waals surface area contributed by atoms with Gasteiger partial charge in [0.15, 0.2) is 8.32 Å². The second kappa shape index (κ2) is 6.57. The summed E-state index contributed by atoms with van der Waals surface area (Å²) in [7, 11) is -1.94. The van der Waals surface area contributed by atoms with Crippen molar-refractivity contribution in [3.63, 3.8) is 0 Å². The summed E-state index contributed by atoms with van der Waals surface area (Å²) in [6.07, 6.45) is 6.09. The normalized spacial score (nSPS) is 13.1. The molecule has 13 heavy (non-hydrogen) atoms. The number of hydrogen-bond acceptors (Lipinski definition) is 1. The van der Waals surface area contributed by atoms with E-state index in [1.165, 1.54) is 19.3 Å². The molecule has 0 aromatic heterocycles. The highest BCUT2D eigenvalue weighted by Crippen LogP contribution is 2.06. The Morgan fingerprint density at radius 2 is 1.92 bits per heavy atom. The fourth-order valence-corrected chi connectivity index (χ4v) is 5.72. The zero-order valence-electron chi connectivity index (χ0n) is 9.68. The summed E-state index contributed by atoms with van der Waals surface area (Å²) in [6.45, 7) is 11.2. The molecule has 1 radical (unpaired) electrons. The van der Waals surface area contributed by atoms with Crippen molar-refractivity contribution in [2.24, 2.45) is 0 Å². The van der Waals surface area contributed by atoms with E-state index < -0.39 is 17.4 Å². The van der Waals surface area contributed by atoms with Gasteiger partial charge in [-0.05, 0) is 32.6 Å². The Morgan fingerprint density at radius 3 is 2.38 bits per heavy atom. The van der Waals surface area contributed by atoms with E-state index in [4.69, 9.17) is 4.12 Å². The van der Waals surface area contributed by atoms with E-state index in [0.717, 1.165) is 0 Å². The zero-order chi connectivity index (χ0) is 10.3. The minimum atomic E-state index is -1.29. The van der Waals surface area contributed by atoms with Gasteiger partial charge in [-0.15, -0.1) is 0 Å². The first-order chi connectivity index (χ1) is 5.95. The molecule has 0 rings (SSSR count). The van der Waals surface area contributed by atoms with Crippen LogP contribution in [0.3, 0.4) is 0 Å². The second-order valence-electron chi connectivity index (χ2n) is 4.37. The summed E-state index contributed by atoms with van der Waals surface area (Å²) in [5.41, 5.74) is 2.29. The number of rotatable bonds is 6. The molecule has 0 amide bonds. The minimum absolute atomic E-state index is 0.646. The lowest BCUT2D eigenvalue weighted by Crippen LogP contribution is -2.32. The van der Waals surface area contributed by atoms with Crippen molar-refractivity contribution in [3.8, 4) is 0 Å². The zero-order valence-corrected chi connectivity index (χ0v) is 11.7. The second-order valence-corrected chi connectivity index (χ2v) is 11.0. The first-order valence-electron chi connectivity index (χ1n) is 5.15. The predicted molar refractivity (Wildman–Crippen MR) is 64.7 cm³/mol. The Morgan fingerprint density at radius 1 is 1.31 bits per heavy atom. The van der Waals surface area contributed by atoms with Crippen molar-refractivity contribution in [2.45, 2.75) is 52.4 Å². The van der Waals surface area contributed by atoms with Gasteiger partial charge in [0.2, 0.25) is 9.04 Å². The fourth-order valence-electron chi connectivity index (χ4n) is 1.09. The van der Waals surface area contributed by atoms with Gasteiger partial charge in [-0.25, -0.2) is 0 Å². The first kappa shape index (κ1) is 13.1. The molecule has 0 N–H and O–H groups in total. The van der Waals surface area contributed by atoms with E-state index in [-0.39, 0.29) is 0 Å². The lowest BCUT2D eigenvalue weighted by Gasteiger charge is -2.20. The minimum Gasteiger partial charge on any atom is -0.453 e. The molecule has 0 heterocycles. The molecule has 0 aromatic carbocycles. The maximum atomic E-state index is 5.97. The Kier molecular flexibility index (Phi) is 6.63. The van der Waals surface area contributed by atoms with Gasteiger partial charge in [0.25, 0.3) is 0 Å². The Balaban J connectivity index is 3.61. The molecule has 0 atom stereocenters. The van der Waals surface area contributed by atoms with E-state index in [9.17, 15) is 0 Å². The maximum absolute atomic E-state index is 5.97. The molecule has 0 saturated carbocycles. The van der Waals surface area contributed by atoms with E-state index in [1.807, 2.05) is 0 Å². The van der Waals surface area contributed by atoms with Gasteiger partial charge in [-0.3, -0.25) is 0 Å². The quantitative estimate of drug-likeness (QED) is 0.484. The monoisotopic (exact) mass is 215 g/mol. The highest BCUT2D eigenvalue weighted by molar-refractivity contribution is 6.78. The van der Waals surface area contributed by atoms with Crippen molar-refractivity contribution in [2.75, 3.05) is 0 Å². The van der Waals surface area contributed by atoms with Crippen LogP contribution in [0.25, 0.3) is 0 Å². The third-order valence-electron chi connectivity index (χ3n) is 1.54. The van der Waals surface area contributed by atoms with Crippen LogP contribution in [-0.4, -0.2) is 17.4 Å². The molecule has 3 heteroatoms. The van der Waals surface area contributed by atoms with Crippen LogP contribution in [-0.2, 0) is 4.12 Å². The predicted octanol–water partition coefficient (Wildman–Crippen LogP) is 3.74. The first-order valence-corrected chi connectivity index (χ1v) is 10.5. The van der Waals surface area contributed by atoms with Crippen LogP contribution in [0, 0.1) is 0 Å². The van der Waals surface area contributed by atoms with E-state index in [0.29, 0.717) is 0 Å². The van der Waals surface area contributed by atoms with Crippen LogP contribution in [0.4, 0.5) is 0 Å². The van der Waals surface area contributed by atoms with E-state index >= 15 is 0 Å². The standard InChI is InChI=1S/C10H23OSi2/c1-6-7-8-9-10-12(2)11-13(3,4)5/h9-10H,6-8H2,1-5H3/b10-9+. The third-order valence-corrected chi connectivity index (χ3v) is 5.99. The summed E-state index contributed by atoms with van der Waals surface area (Å²) >= 11 is 0. The molecule has 0 saturated heterocycles. The summed E-state index contributed by atoms with van der Waals surface area (Å²) in [4.78, 5) is 0. The average Bonchev–Trinajstić information content (AvgIpc) is 1.94. The fraction of sp³-hybridized carbons (Fsp3) is 0.800. The molecule has 0 spiro atoms. The molecule has 0 aliphatic carbocycles. The smallest absolute Gasteiger partial charge is 0.223 e. The molecule has 0 aliphatic rings. The molecule has 0 aliphatic heterocycles. The number of unbranched alkanes of at least 4 members (excludes halogenated alkanes) is 2. The molecule has 0 fully saturated rings. The Labute approximate surface area is 86.1 Å². The van der Waals surface area contributed by atoms with Crippen LogP contribution >= 0.6 is 0 Å². The SMILES string of the molecule is CCCC/C=C/[Si](C)O[Si](C)(C)C. The molecule has 1 nitrogen and oxygen atoms in total.